The summed E-state index contributed by atoms with van der Waals surface area (Å²) in [5, 5.41) is 0. The first kappa shape index (κ1) is 12.7. The predicted octanol–water partition coefficient (Wildman–Crippen LogP) is 4.10. The number of rotatable bonds is 5. The molecule has 13 heavy (non-hydrogen) atoms. The molecule has 0 nitrogen and oxygen atoms in total. The first-order valence-electron chi connectivity index (χ1n) is 4.47. The Labute approximate surface area is 76.3 Å². The van der Waals surface area contributed by atoms with Crippen LogP contribution in [0, 0.1) is 5.92 Å². The van der Waals surface area contributed by atoms with Crippen molar-refractivity contribution in [2.45, 2.75) is 51.9 Å². The lowest BCUT2D eigenvalue weighted by atomic mass is 9.98. The van der Waals surface area contributed by atoms with Crippen molar-refractivity contribution in [3.05, 3.63) is 0 Å². The summed E-state index contributed by atoms with van der Waals surface area (Å²) in [5.41, 5.74) is 0. The maximum Gasteiger partial charge on any atom is 0.250 e. The Morgan fingerprint density at radius 2 is 1.46 bits per heavy atom. The highest BCUT2D eigenvalue weighted by Crippen LogP contribution is 2.34. The van der Waals surface area contributed by atoms with Crippen LogP contribution in [0.5, 0.6) is 0 Å². The highest BCUT2D eigenvalue weighted by molar-refractivity contribution is 4.74. The van der Waals surface area contributed by atoms with Gasteiger partial charge in [0.2, 0.25) is 5.92 Å². The van der Waals surface area contributed by atoms with Gasteiger partial charge in [-0.25, -0.2) is 17.6 Å². The van der Waals surface area contributed by atoms with Crippen LogP contribution in [0.15, 0.2) is 0 Å². The van der Waals surface area contributed by atoms with Crippen LogP contribution in [0.25, 0.3) is 0 Å². The highest BCUT2D eigenvalue weighted by Gasteiger charge is 2.37. The van der Waals surface area contributed by atoms with Crippen molar-refractivity contribution < 1.29 is 17.6 Å². The number of alkyl halides is 4. The Balaban J connectivity index is 4.02. The van der Waals surface area contributed by atoms with Gasteiger partial charge in [-0.2, -0.15) is 0 Å². The topological polar surface area (TPSA) is 0 Å². The lowest BCUT2D eigenvalue weighted by molar-refractivity contribution is -0.0883. The molecule has 0 saturated heterocycles. The molecule has 0 radical (unpaired) electrons. The summed E-state index contributed by atoms with van der Waals surface area (Å²) in [6.45, 7) is 3.97. The smallest absolute Gasteiger partial charge is 0.207 e. The van der Waals surface area contributed by atoms with Gasteiger partial charge in [-0.15, -0.1) is 0 Å². The standard InChI is InChI=1S/C9H16F4/c1-4-8(10,11)5-6-9(12,13)7(2)3/h7H,4-6H2,1-3H3. The zero-order valence-electron chi connectivity index (χ0n) is 8.21. The fourth-order valence-corrected chi connectivity index (χ4v) is 0.815. The molecule has 0 saturated carbocycles. The van der Waals surface area contributed by atoms with Gasteiger partial charge in [-0.05, 0) is 0 Å². The van der Waals surface area contributed by atoms with Gasteiger partial charge in [-0.1, -0.05) is 20.8 Å². The molecule has 0 aliphatic rings. The summed E-state index contributed by atoms with van der Waals surface area (Å²) in [5.74, 6) is -6.79. The second kappa shape index (κ2) is 4.29. The molecule has 0 aromatic heterocycles. The van der Waals surface area contributed by atoms with E-state index in [9.17, 15) is 17.6 Å². The average molecular weight is 200 g/mol. The fraction of sp³-hybridized carbons (Fsp3) is 1.00. The fourth-order valence-electron chi connectivity index (χ4n) is 0.815. The quantitative estimate of drug-likeness (QED) is 0.586. The van der Waals surface area contributed by atoms with Crippen LogP contribution in [0.3, 0.4) is 0 Å². The van der Waals surface area contributed by atoms with Crippen LogP contribution in [-0.4, -0.2) is 11.8 Å². The van der Waals surface area contributed by atoms with E-state index in [4.69, 9.17) is 0 Å². The minimum absolute atomic E-state index is 0.374. The molecule has 4 heteroatoms. The molecule has 0 amide bonds. The van der Waals surface area contributed by atoms with Crippen LogP contribution in [0.1, 0.15) is 40.0 Å². The molecule has 0 aromatic rings. The van der Waals surface area contributed by atoms with Gasteiger partial charge in [0.05, 0.1) is 0 Å². The lowest BCUT2D eigenvalue weighted by Gasteiger charge is -2.22. The van der Waals surface area contributed by atoms with Crippen LogP contribution in [-0.2, 0) is 0 Å². The van der Waals surface area contributed by atoms with E-state index in [-0.39, 0.29) is 6.42 Å². The summed E-state index contributed by atoms with van der Waals surface area (Å²) >= 11 is 0. The van der Waals surface area contributed by atoms with Crippen molar-refractivity contribution in [2.24, 2.45) is 5.92 Å². The van der Waals surface area contributed by atoms with Gasteiger partial charge >= 0.3 is 0 Å². The first-order chi connectivity index (χ1) is 5.71. The average Bonchev–Trinajstić information content (AvgIpc) is 2.01. The van der Waals surface area contributed by atoms with E-state index in [0.29, 0.717) is 0 Å². The van der Waals surface area contributed by atoms with Crippen molar-refractivity contribution in [3.63, 3.8) is 0 Å². The van der Waals surface area contributed by atoms with Gasteiger partial charge < -0.3 is 0 Å². The summed E-state index contributed by atoms with van der Waals surface area (Å²) in [7, 11) is 0. The second-order valence-corrected chi connectivity index (χ2v) is 3.63. The molecule has 0 aromatic carbocycles. The van der Waals surface area contributed by atoms with Crippen LogP contribution < -0.4 is 0 Å². The third-order valence-corrected chi connectivity index (χ3v) is 2.19. The highest BCUT2D eigenvalue weighted by atomic mass is 19.3. The van der Waals surface area contributed by atoms with Crippen LogP contribution in [0.2, 0.25) is 0 Å². The number of halogens is 4. The molecule has 0 atom stereocenters. The largest absolute Gasteiger partial charge is 0.250 e. The third-order valence-electron chi connectivity index (χ3n) is 2.19. The van der Waals surface area contributed by atoms with Crippen LogP contribution in [0.4, 0.5) is 17.6 Å². The van der Waals surface area contributed by atoms with E-state index in [1.54, 1.807) is 0 Å². The Bertz CT molecular complexity index is 152. The van der Waals surface area contributed by atoms with E-state index in [0.717, 1.165) is 0 Å². The molecule has 80 valence electrons. The molecule has 0 spiro atoms. The zero-order chi connectivity index (χ0) is 10.7. The van der Waals surface area contributed by atoms with Gasteiger partial charge in [0.1, 0.15) is 0 Å². The Morgan fingerprint density at radius 1 is 1.00 bits per heavy atom. The van der Waals surface area contributed by atoms with E-state index in [2.05, 4.69) is 0 Å². The SMILES string of the molecule is CCC(F)(F)CCC(F)(F)C(C)C. The molecule has 0 aliphatic carbocycles. The van der Waals surface area contributed by atoms with Gasteiger partial charge in [0.15, 0.2) is 0 Å². The Hall–Kier alpha value is -0.280. The van der Waals surface area contributed by atoms with Gasteiger partial charge in [-0.3, -0.25) is 0 Å². The van der Waals surface area contributed by atoms with Crippen molar-refractivity contribution >= 4 is 0 Å². The predicted molar refractivity (Wildman–Crippen MR) is 44.3 cm³/mol. The first-order valence-corrected chi connectivity index (χ1v) is 4.47. The molecule has 0 bridgehead atoms. The molecule has 0 N–H and O–H groups in total. The van der Waals surface area contributed by atoms with Crippen molar-refractivity contribution in [1.82, 2.24) is 0 Å². The summed E-state index contributed by atoms with van der Waals surface area (Å²) < 4.78 is 51.0. The maximum absolute atomic E-state index is 12.9. The van der Waals surface area contributed by atoms with Crippen molar-refractivity contribution in [2.75, 3.05) is 0 Å². The Morgan fingerprint density at radius 3 is 1.77 bits per heavy atom. The normalized spacial score (nSPS) is 13.8. The van der Waals surface area contributed by atoms with Crippen LogP contribution >= 0.6 is 0 Å². The van der Waals surface area contributed by atoms with Crippen molar-refractivity contribution in [1.29, 1.82) is 0 Å². The molecular formula is C9H16F4. The van der Waals surface area contributed by atoms with E-state index < -0.39 is 30.6 Å². The lowest BCUT2D eigenvalue weighted by Crippen LogP contribution is -2.27. The summed E-state index contributed by atoms with van der Waals surface area (Å²) in [6, 6.07) is 0. The maximum atomic E-state index is 12.9. The van der Waals surface area contributed by atoms with E-state index >= 15 is 0 Å². The summed E-state index contributed by atoms with van der Waals surface area (Å²) in [6.07, 6.45) is -1.83. The molecule has 0 unspecified atom stereocenters. The second-order valence-electron chi connectivity index (χ2n) is 3.63. The monoisotopic (exact) mass is 200 g/mol. The molecule has 0 rings (SSSR count). The number of hydrogen-bond acceptors (Lipinski definition) is 0. The minimum Gasteiger partial charge on any atom is -0.207 e. The summed E-state index contributed by atoms with van der Waals surface area (Å²) in [4.78, 5) is 0. The van der Waals surface area contributed by atoms with E-state index in [1.165, 1.54) is 20.8 Å². The molecule has 0 aliphatic heterocycles. The van der Waals surface area contributed by atoms with E-state index in [1.807, 2.05) is 0 Å². The van der Waals surface area contributed by atoms with Crippen molar-refractivity contribution in [3.8, 4) is 0 Å². The zero-order valence-corrected chi connectivity index (χ0v) is 8.21. The molecule has 0 heterocycles. The molecule has 0 fully saturated rings. The van der Waals surface area contributed by atoms with Gasteiger partial charge in [0, 0.05) is 25.2 Å². The third kappa shape index (κ3) is 4.48. The number of hydrogen-bond donors (Lipinski definition) is 0. The van der Waals surface area contributed by atoms with Gasteiger partial charge in [0.25, 0.3) is 5.92 Å². The molecular weight excluding hydrogens is 184 g/mol. The Kier molecular flexibility index (Phi) is 4.20. The minimum atomic E-state index is -2.97.